The molecule has 0 amide bonds. The smallest absolute Gasteiger partial charge is 0.0394 e. The van der Waals surface area contributed by atoms with E-state index in [9.17, 15) is 4.21 Å². The van der Waals surface area contributed by atoms with E-state index in [-0.39, 0.29) is 0 Å². The van der Waals surface area contributed by atoms with Crippen LogP contribution in [-0.4, -0.2) is 28.3 Å². The Morgan fingerprint density at radius 2 is 1.93 bits per heavy atom. The molecule has 0 spiro atoms. The topological polar surface area (TPSA) is 29.1 Å². The van der Waals surface area contributed by atoms with Crippen LogP contribution >= 0.6 is 0 Å². The van der Waals surface area contributed by atoms with Gasteiger partial charge in [-0.15, -0.1) is 0 Å². The molecule has 1 rings (SSSR count). The molecule has 84 valence electrons. The fourth-order valence-electron chi connectivity index (χ4n) is 1.59. The number of rotatable bonds is 6. The van der Waals surface area contributed by atoms with Gasteiger partial charge in [0.15, 0.2) is 0 Å². The molecule has 1 aliphatic carbocycles. The first kappa shape index (κ1) is 12.2. The van der Waals surface area contributed by atoms with Crippen molar-refractivity contribution >= 4 is 10.8 Å². The Morgan fingerprint density at radius 3 is 2.29 bits per heavy atom. The second kappa shape index (κ2) is 5.26. The first-order valence-electron chi connectivity index (χ1n) is 5.60. The highest BCUT2D eigenvalue weighted by Crippen LogP contribution is 2.33. The van der Waals surface area contributed by atoms with E-state index in [1.165, 1.54) is 12.8 Å². The monoisotopic (exact) mass is 217 g/mol. The van der Waals surface area contributed by atoms with Crippen molar-refractivity contribution in [3.05, 3.63) is 0 Å². The molecule has 1 saturated carbocycles. The Balaban J connectivity index is 2.37. The third kappa shape index (κ3) is 3.35. The van der Waals surface area contributed by atoms with Gasteiger partial charge in [0.2, 0.25) is 0 Å². The standard InChI is InChI=1S/C11H23NOS/c1-8(2)9(3)14(13)7-11(12-4)10-5-6-10/h8-12H,5-7H2,1-4H3. The lowest BCUT2D eigenvalue weighted by atomic mass is 10.2. The van der Waals surface area contributed by atoms with Crippen LogP contribution in [0.2, 0.25) is 0 Å². The van der Waals surface area contributed by atoms with Crippen molar-refractivity contribution < 1.29 is 4.21 Å². The van der Waals surface area contributed by atoms with Gasteiger partial charge in [0.25, 0.3) is 0 Å². The summed E-state index contributed by atoms with van der Waals surface area (Å²) in [7, 11) is 1.32. The van der Waals surface area contributed by atoms with Crippen molar-refractivity contribution in [2.45, 2.75) is 44.9 Å². The van der Waals surface area contributed by atoms with Crippen LogP contribution in [0.4, 0.5) is 0 Å². The lowest BCUT2D eigenvalue weighted by molar-refractivity contribution is 0.537. The van der Waals surface area contributed by atoms with Gasteiger partial charge in [0, 0.05) is 27.8 Å². The highest BCUT2D eigenvalue weighted by atomic mass is 32.2. The zero-order valence-electron chi connectivity index (χ0n) is 9.75. The molecule has 0 aliphatic heterocycles. The van der Waals surface area contributed by atoms with E-state index in [4.69, 9.17) is 0 Å². The molecule has 0 bridgehead atoms. The lowest BCUT2D eigenvalue weighted by Crippen LogP contribution is -2.36. The summed E-state index contributed by atoms with van der Waals surface area (Å²) in [6.45, 7) is 6.39. The van der Waals surface area contributed by atoms with Crippen molar-refractivity contribution in [3.8, 4) is 0 Å². The molecule has 0 aromatic carbocycles. The number of hydrogen-bond acceptors (Lipinski definition) is 2. The van der Waals surface area contributed by atoms with Gasteiger partial charge in [-0.25, -0.2) is 0 Å². The Morgan fingerprint density at radius 1 is 1.36 bits per heavy atom. The highest BCUT2D eigenvalue weighted by Gasteiger charge is 2.32. The summed E-state index contributed by atoms with van der Waals surface area (Å²) in [5.74, 6) is 2.15. The van der Waals surface area contributed by atoms with E-state index < -0.39 is 10.8 Å². The minimum absolute atomic E-state index is 0.324. The number of hydrogen-bond donors (Lipinski definition) is 1. The van der Waals surface area contributed by atoms with Crippen molar-refractivity contribution in [1.29, 1.82) is 0 Å². The second-order valence-electron chi connectivity index (χ2n) is 4.73. The van der Waals surface area contributed by atoms with Crippen molar-refractivity contribution in [1.82, 2.24) is 5.32 Å². The maximum absolute atomic E-state index is 12.0. The minimum atomic E-state index is -0.668. The molecule has 3 atom stereocenters. The van der Waals surface area contributed by atoms with Gasteiger partial charge in [0.1, 0.15) is 0 Å². The van der Waals surface area contributed by atoms with Crippen LogP contribution < -0.4 is 5.32 Å². The Bertz CT molecular complexity index is 201. The summed E-state index contributed by atoms with van der Waals surface area (Å²) in [6, 6.07) is 0.483. The predicted molar refractivity (Wildman–Crippen MR) is 62.9 cm³/mol. The summed E-state index contributed by atoms with van der Waals surface area (Å²) < 4.78 is 12.0. The van der Waals surface area contributed by atoms with E-state index in [1.807, 2.05) is 7.05 Å². The second-order valence-corrected chi connectivity index (χ2v) is 6.57. The van der Waals surface area contributed by atoms with Gasteiger partial charge in [-0.2, -0.15) is 0 Å². The molecule has 1 fully saturated rings. The van der Waals surface area contributed by atoms with Crippen LogP contribution in [0.15, 0.2) is 0 Å². The van der Waals surface area contributed by atoms with E-state index in [2.05, 4.69) is 26.1 Å². The summed E-state index contributed by atoms with van der Waals surface area (Å²) in [6.07, 6.45) is 2.64. The van der Waals surface area contributed by atoms with Gasteiger partial charge < -0.3 is 5.32 Å². The first-order chi connectivity index (χ1) is 6.56. The van der Waals surface area contributed by atoms with Gasteiger partial charge in [-0.3, -0.25) is 4.21 Å². The van der Waals surface area contributed by atoms with Crippen molar-refractivity contribution in [2.24, 2.45) is 11.8 Å². The molecular formula is C11H23NOS. The van der Waals surface area contributed by atoms with Crippen LogP contribution in [0.1, 0.15) is 33.6 Å². The fraction of sp³-hybridized carbons (Fsp3) is 1.00. The average Bonchev–Trinajstić information content (AvgIpc) is 2.95. The molecule has 14 heavy (non-hydrogen) atoms. The van der Waals surface area contributed by atoms with Gasteiger partial charge in [0.05, 0.1) is 0 Å². The van der Waals surface area contributed by atoms with E-state index in [1.54, 1.807) is 0 Å². The largest absolute Gasteiger partial charge is 0.316 e. The molecule has 0 heterocycles. The number of nitrogens with one attached hydrogen (secondary N) is 1. The zero-order chi connectivity index (χ0) is 10.7. The molecule has 0 saturated heterocycles. The summed E-state index contributed by atoms with van der Waals surface area (Å²) >= 11 is 0. The highest BCUT2D eigenvalue weighted by molar-refractivity contribution is 7.85. The van der Waals surface area contributed by atoms with Crippen molar-refractivity contribution in [2.75, 3.05) is 12.8 Å². The van der Waals surface area contributed by atoms with Crippen LogP contribution in [0.3, 0.4) is 0 Å². The van der Waals surface area contributed by atoms with Crippen LogP contribution in [0.25, 0.3) is 0 Å². The van der Waals surface area contributed by atoms with E-state index in [0.29, 0.717) is 17.2 Å². The third-order valence-electron chi connectivity index (χ3n) is 3.26. The molecule has 0 aromatic heterocycles. The molecule has 0 aromatic rings. The summed E-state index contributed by atoms with van der Waals surface area (Å²) in [4.78, 5) is 0. The molecule has 3 unspecified atom stereocenters. The minimum Gasteiger partial charge on any atom is -0.316 e. The first-order valence-corrected chi connectivity index (χ1v) is 6.99. The molecule has 1 aliphatic rings. The normalized spacial score (nSPS) is 23.5. The fourth-order valence-corrected chi connectivity index (χ4v) is 3.29. The van der Waals surface area contributed by atoms with Crippen LogP contribution in [0.5, 0.6) is 0 Å². The van der Waals surface area contributed by atoms with Crippen LogP contribution in [-0.2, 0) is 10.8 Å². The summed E-state index contributed by atoms with van der Waals surface area (Å²) in [5.41, 5.74) is 0. The maximum Gasteiger partial charge on any atom is 0.0394 e. The molecule has 2 nitrogen and oxygen atoms in total. The van der Waals surface area contributed by atoms with Gasteiger partial charge in [-0.05, 0) is 31.7 Å². The van der Waals surface area contributed by atoms with Gasteiger partial charge in [-0.1, -0.05) is 20.8 Å². The molecule has 1 N–H and O–H groups in total. The van der Waals surface area contributed by atoms with Crippen molar-refractivity contribution in [3.63, 3.8) is 0 Å². The predicted octanol–water partition coefficient (Wildman–Crippen LogP) is 1.78. The Labute approximate surface area is 90.3 Å². The van der Waals surface area contributed by atoms with Gasteiger partial charge >= 0.3 is 0 Å². The quantitative estimate of drug-likeness (QED) is 0.735. The molecular weight excluding hydrogens is 194 g/mol. The Kier molecular flexibility index (Phi) is 4.58. The molecule has 3 heteroatoms. The zero-order valence-corrected chi connectivity index (χ0v) is 10.6. The Hall–Kier alpha value is 0.110. The van der Waals surface area contributed by atoms with E-state index in [0.717, 1.165) is 11.7 Å². The van der Waals surface area contributed by atoms with Crippen LogP contribution in [0, 0.1) is 11.8 Å². The van der Waals surface area contributed by atoms with E-state index >= 15 is 0 Å². The third-order valence-corrected chi connectivity index (χ3v) is 5.32. The SMILES string of the molecule is CNC(CS(=O)C(C)C(C)C)C1CC1. The lowest BCUT2D eigenvalue weighted by Gasteiger charge is -2.20. The maximum atomic E-state index is 12.0. The summed E-state index contributed by atoms with van der Waals surface area (Å²) in [5, 5.41) is 3.62. The molecule has 0 radical (unpaired) electrons. The average molecular weight is 217 g/mol.